The number of hydrogen-bond acceptors (Lipinski definition) is 5. The normalized spacial score (nSPS) is 11.0. The number of benzene rings is 1. The van der Waals surface area contributed by atoms with Gasteiger partial charge in [0.15, 0.2) is 5.65 Å². The van der Waals surface area contributed by atoms with Crippen LogP contribution in [0.5, 0.6) is 5.75 Å². The maximum Gasteiger partial charge on any atom is 0.226 e. The second-order valence-corrected chi connectivity index (χ2v) is 5.73. The van der Waals surface area contributed by atoms with E-state index in [0.717, 1.165) is 20.4 Å². The third-order valence-electron chi connectivity index (χ3n) is 3.04. The van der Waals surface area contributed by atoms with Crippen molar-refractivity contribution < 1.29 is 4.74 Å². The molecule has 0 amide bonds. The Morgan fingerprint density at radius 1 is 1.29 bits per heavy atom. The molecule has 0 aliphatic heterocycles. The standard InChI is InChI=1S/C13H11ClIN5O/c1-21-8-4-2-7(3-5-8)6-20-12-9(10(15)19-20)11(16)17-13(14)18-12/h2-5H,6H2,1H3,(H2,16,17,18). The van der Waals surface area contributed by atoms with Crippen molar-refractivity contribution in [3.8, 4) is 5.75 Å². The average molecular weight is 416 g/mol. The van der Waals surface area contributed by atoms with Gasteiger partial charge >= 0.3 is 0 Å². The molecule has 3 aromatic rings. The fraction of sp³-hybridized carbons (Fsp3) is 0.154. The van der Waals surface area contributed by atoms with Gasteiger partial charge in [-0.15, -0.1) is 0 Å². The van der Waals surface area contributed by atoms with Gasteiger partial charge < -0.3 is 10.5 Å². The van der Waals surface area contributed by atoms with Crippen LogP contribution in [0, 0.1) is 3.70 Å². The van der Waals surface area contributed by atoms with Crippen LogP contribution in [0.15, 0.2) is 24.3 Å². The summed E-state index contributed by atoms with van der Waals surface area (Å²) < 4.78 is 7.67. The summed E-state index contributed by atoms with van der Waals surface area (Å²) in [7, 11) is 1.64. The van der Waals surface area contributed by atoms with Crippen molar-refractivity contribution in [1.82, 2.24) is 19.7 Å². The van der Waals surface area contributed by atoms with Gasteiger partial charge in [0, 0.05) is 0 Å². The van der Waals surface area contributed by atoms with E-state index in [0.29, 0.717) is 18.0 Å². The lowest BCUT2D eigenvalue weighted by molar-refractivity contribution is 0.414. The van der Waals surface area contributed by atoms with Crippen LogP contribution in [0.2, 0.25) is 5.28 Å². The van der Waals surface area contributed by atoms with Gasteiger partial charge in [-0.05, 0) is 51.9 Å². The number of halogens is 2. The molecule has 2 N–H and O–H groups in total. The smallest absolute Gasteiger partial charge is 0.226 e. The molecule has 0 atom stereocenters. The number of nitrogens with two attached hydrogens (primary N) is 1. The van der Waals surface area contributed by atoms with Gasteiger partial charge in [0.05, 0.1) is 19.0 Å². The summed E-state index contributed by atoms with van der Waals surface area (Å²) in [6.07, 6.45) is 0. The van der Waals surface area contributed by atoms with E-state index in [1.807, 2.05) is 24.3 Å². The number of aromatic nitrogens is 4. The molecule has 0 radical (unpaired) electrons. The predicted molar refractivity (Wildman–Crippen MR) is 89.6 cm³/mol. The van der Waals surface area contributed by atoms with Gasteiger partial charge in [-0.3, -0.25) is 0 Å². The van der Waals surface area contributed by atoms with Crippen LogP contribution in [0.4, 0.5) is 5.82 Å². The highest BCUT2D eigenvalue weighted by molar-refractivity contribution is 14.1. The van der Waals surface area contributed by atoms with Crippen molar-refractivity contribution in [2.24, 2.45) is 0 Å². The van der Waals surface area contributed by atoms with E-state index in [2.05, 4.69) is 37.7 Å². The highest BCUT2D eigenvalue weighted by Crippen LogP contribution is 2.25. The maximum atomic E-state index is 5.89. The number of anilines is 1. The Labute approximate surface area is 139 Å². The van der Waals surface area contributed by atoms with E-state index in [4.69, 9.17) is 22.1 Å². The molecule has 0 aliphatic carbocycles. The lowest BCUT2D eigenvalue weighted by Crippen LogP contribution is -2.04. The fourth-order valence-electron chi connectivity index (χ4n) is 2.04. The average Bonchev–Trinajstić information content (AvgIpc) is 2.76. The van der Waals surface area contributed by atoms with Gasteiger partial charge in [0.1, 0.15) is 15.3 Å². The highest BCUT2D eigenvalue weighted by atomic mass is 127. The van der Waals surface area contributed by atoms with Gasteiger partial charge in [0.25, 0.3) is 0 Å². The van der Waals surface area contributed by atoms with Crippen molar-refractivity contribution in [2.75, 3.05) is 12.8 Å². The van der Waals surface area contributed by atoms with Gasteiger partial charge in [-0.25, -0.2) is 9.67 Å². The van der Waals surface area contributed by atoms with Gasteiger partial charge in [-0.1, -0.05) is 12.1 Å². The monoisotopic (exact) mass is 415 g/mol. The molecular formula is C13H11ClIN5O. The lowest BCUT2D eigenvalue weighted by atomic mass is 10.2. The van der Waals surface area contributed by atoms with E-state index >= 15 is 0 Å². The number of rotatable bonds is 3. The Hall–Kier alpha value is -1.61. The fourth-order valence-corrected chi connectivity index (χ4v) is 2.99. The molecule has 108 valence electrons. The number of nitrogen functional groups attached to an aromatic ring is 1. The molecule has 2 aromatic heterocycles. The maximum absolute atomic E-state index is 5.89. The minimum Gasteiger partial charge on any atom is -0.497 e. The lowest BCUT2D eigenvalue weighted by Gasteiger charge is -2.05. The Morgan fingerprint density at radius 3 is 2.67 bits per heavy atom. The zero-order chi connectivity index (χ0) is 15.0. The second kappa shape index (κ2) is 5.64. The summed E-state index contributed by atoms with van der Waals surface area (Å²) in [5.74, 6) is 1.16. The molecule has 0 saturated carbocycles. The summed E-state index contributed by atoms with van der Waals surface area (Å²) in [4.78, 5) is 8.20. The van der Waals surface area contributed by atoms with Crippen LogP contribution in [-0.4, -0.2) is 26.9 Å². The molecule has 0 bridgehead atoms. The molecule has 3 rings (SSSR count). The Morgan fingerprint density at radius 2 is 2.00 bits per heavy atom. The molecular weight excluding hydrogens is 405 g/mol. The summed E-state index contributed by atoms with van der Waals surface area (Å²) >= 11 is 8.00. The number of ether oxygens (including phenoxy) is 1. The number of methoxy groups -OCH3 is 1. The third kappa shape index (κ3) is 2.75. The zero-order valence-corrected chi connectivity index (χ0v) is 14.0. The molecule has 0 aliphatic rings. The van der Waals surface area contributed by atoms with E-state index in [-0.39, 0.29) is 5.28 Å². The molecule has 8 heteroatoms. The van der Waals surface area contributed by atoms with E-state index < -0.39 is 0 Å². The first-order valence-corrected chi connectivity index (χ1v) is 7.52. The van der Waals surface area contributed by atoms with E-state index in [9.17, 15) is 0 Å². The molecule has 6 nitrogen and oxygen atoms in total. The molecule has 0 saturated heterocycles. The first-order valence-electron chi connectivity index (χ1n) is 6.06. The van der Waals surface area contributed by atoms with Gasteiger partial charge in [0.2, 0.25) is 5.28 Å². The molecule has 0 spiro atoms. The summed E-state index contributed by atoms with van der Waals surface area (Å²) in [5.41, 5.74) is 7.60. The minimum absolute atomic E-state index is 0.118. The Kier molecular flexibility index (Phi) is 3.85. The molecule has 0 unspecified atom stereocenters. The number of hydrogen-bond donors (Lipinski definition) is 1. The Bertz CT molecular complexity index is 802. The molecule has 2 heterocycles. The van der Waals surface area contributed by atoms with Gasteiger partial charge in [-0.2, -0.15) is 10.1 Å². The first-order chi connectivity index (χ1) is 10.1. The third-order valence-corrected chi connectivity index (χ3v) is 3.97. The number of nitrogens with zero attached hydrogens (tertiary/aromatic N) is 4. The van der Waals surface area contributed by atoms with Crippen LogP contribution in [-0.2, 0) is 6.54 Å². The van der Waals surface area contributed by atoms with Crippen molar-refractivity contribution in [3.05, 3.63) is 38.8 Å². The van der Waals surface area contributed by atoms with Crippen LogP contribution in [0.3, 0.4) is 0 Å². The molecule has 0 fully saturated rings. The van der Waals surface area contributed by atoms with Crippen LogP contribution < -0.4 is 10.5 Å². The predicted octanol–water partition coefficient (Wildman–Crippen LogP) is 2.72. The Balaban J connectivity index is 2.04. The van der Waals surface area contributed by atoms with E-state index in [1.165, 1.54) is 0 Å². The SMILES string of the molecule is COc1ccc(Cn2nc(I)c3c(N)nc(Cl)nc32)cc1. The van der Waals surface area contributed by atoms with Crippen LogP contribution >= 0.6 is 34.2 Å². The highest BCUT2D eigenvalue weighted by Gasteiger charge is 2.15. The second-order valence-electron chi connectivity index (χ2n) is 4.37. The topological polar surface area (TPSA) is 78.9 Å². The number of fused-ring (bicyclic) bond motifs is 1. The summed E-state index contributed by atoms with van der Waals surface area (Å²) in [6.45, 7) is 0.566. The van der Waals surface area contributed by atoms with Crippen molar-refractivity contribution >= 4 is 51.0 Å². The molecule has 21 heavy (non-hydrogen) atoms. The largest absolute Gasteiger partial charge is 0.497 e. The first kappa shape index (κ1) is 14.3. The van der Waals surface area contributed by atoms with E-state index in [1.54, 1.807) is 11.8 Å². The molecule has 1 aromatic carbocycles. The van der Waals surface area contributed by atoms with Crippen molar-refractivity contribution in [3.63, 3.8) is 0 Å². The minimum atomic E-state index is 0.118. The van der Waals surface area contributed by atoms with Crippen LogP contribution in [0.25, 0.3) is 11.0 Å². The quantitative estimate of drug-likeness (QED) is 0.526. The van der Waals surface area contributed by atoms with Crippen molar-refractivity contribution in [1.29, 1.82) is 0 Å². The van der Waals surface area contributed by atoms with Crippen LogP contribution in [0.1, 0.15) is 5.56 Å². The summed E-state index contributed by atoms with van der Waals surface area (Å²) in [6, 6.07) is 7.77. The van der Waals surface area contributed by atoms with Crippen molar-refractivity contribution in [2.45, 2.75) is 6.54 Å². The zero-order valence-electron chi connectivity index (χ0n) is 11.0. The summed E-state index contributed by atoms with van der Waals surface area (Å²) in [5, 5.41) is 5.31.